The molecule has 0 atom stereocenters. The zero-order chi connectivity index (χ0) is 11.6. The Balaban J connectivity index is 2.45. The summed E-state index contributed by atoms with van der Waals surface area (Å²) in [7, 11) is 1.57. The van der Waals surface area contributed by atoms with Crippen LogP contribution < -0.4 is 0 Å². The van der Waals surface area contributed by atoms with E-state index >= 15 is 0 Å². The number of likely N-dealkylation sites (tertiary alicyclic amines) is 1. The number of hydrogen-bond acceptors (Lipinski definition) is 2. The summed E-state index contributed by atoms with van der Waals surface area (Å²) in [5.74, 6) is 0.218. The molecule has 0 aromatic rings. The number of hydrogen-bond donors (Lipinski definition) is 0. The summed E-state index contributed by atoms with van der Waals surface area (Å²) in [5, 5.41) is 0. The normalized spacial score (nSPS) is 19.9. The lowest BCUT2D eigenvalue weighted by molar-refractivity contribution is -0.148. The van der Waals surface area contributed by atoms with Crippen molar-refractivity contribution in [3.05, 3.63) is 0 Å². The van der Waals surface area contributed by atoms with Crippen molar-refractivity contribution in [1.29, 1.82) is 0 Å². The fourth-order valence-corrected chi connectivity index (χ4v) is 1.82. The highest BCUT2D eigenvalue weighted by Crippen LogP contribution is 2.29. The predicted octanol–water partition coefficient (Wildman–Crippen LogP) is 2.21. The van der Waals surface area contributed by atoms with E-state index in [-0.39, 0.29) is 23.1 Å². The van der Waals surface area contributed by atoms with Gasteiger partial charge in [0.05, 0.1) is 0 Å². The first kappa shape index (κ1) is 12.2. The third-order valence-electron chi connectivity index (χ3n) is 2.98. The highest BCUT2D eigenvalue weighted by atomic mass is 16.2. The zero-order valence-electron chi connectivity index (χ0n) is 10.2. The van der Waals surface area contributed by atoms with E-state index in [1.165, 1.54) is 4.90 Å². The second-order valence-corrected chi connectivity index (χ2v) is 5.72. The zero-order valence-corrected chi connectivity index (χ0v) is 10.2. The van der Waals surface area contributed by atoms with Crippen molar-refractivity contribution in [3.63, 3.8) is 0 Å². The van der Waals surface area contributed by atoms with Crippen molar-refractivity contribution in [1.82, 2.24) is 4.90 Å². The van der Waals surface area contributed by atoms with Crippen LogP contribution in [0.25, 0.3) is 0 Å². The maximum atomic E-state index is 11.4. The Labute approximate surface area is 91.8 Å². The summed E-state index contributed by atoms with van der Waals surface area (Å²) >= 11 is 0. The van der Waals surface area contributed by atoms with Gasteiger partial charge in [0.2, 0.25) is 11.8 Å². The van der Waals surface area contributed by atoms with Gasteiger partial charge in [-0.1, -0.05) is 20.8 Å². The van der Waals surface area contributed by atoms with Crippen LogP contribution in [0.2, 0.25) is 0 Å². The molecule has 0 aromatic carbocycles. The molecule has 0 aliphatic carbocycles. The summed E-state index contributed by atoms with van der Waals surface area (Å²) in [6.45, 7) is 6.56. The van der Waals surface area contributed by atoms with Crippen molar-refractivity contribution in [2.45, 2.75) is 46.5 Å². The molecule has 0 unspecified atom stereocenters. The van der Waals surface area contributed by atoms with Crippen molar-refractivity contribution in [2.24, 2.45) is 11.3 Å². The van der Waals surface area contributed by atoms with Crippen LogP contribution in [-0.4, -0.2) is 23.8 Å². The molecule has 1 aliphatic heterocycles. The Bertz CT molecular complexity index is 247. The van der Waals surface area contributed by atoms with Gasteiger partial charge in [0.15, 0.2) is 0 Å². The van der Waals surface area contributed by atoms with Crippen LogP contribution in [-0.2, 0) is 9.59 Å². The molecule has 2 amide bonds. The lowest BCUT2D eigenvalue weighted by Crippen LogP contribution is -2.40. The summed E-state index contributed by atoms with van der Waals surface area (Å²) in [6, 6.07) is 0. The average molecular weight is 211 g/mol. The molecule has 1 heterocycles. The second kappa shape index (κ2) is 4.33. The van der Waals surface area contributed by atoms with Crippen LogP contribution in [0.4, 0.5) is 0 Å². The summed E-state index contributed by atoms with van der Waals surface area (Å²) in [4.78, 5) is 24.1. The van der Waals surface area contributed by atoms with E-state index in [2.05, 4.69) is 20.8 Å². The maximum absolute atomic E-state index is 11.4. The SMILES string of the molecule is CN1C(=O)CC(CCC(C)(C)C)CC1=O. The van der Waals surface area contributed by atoms with Gasteiger partial charge in [0, 0.05) is 19.9 Å². The van der Waals surface area contributed by atoms with E-state index in [1.54, 1.807) is 7.05 Å². The minimum absolute atomic E-state index is 0.0230. The van der Waals surface area contributed by atoms with E-state index in [4.69, 9.17) is 0 Å². The highest BCUT2D eigenvalue weighted by molar-refractivity contribution is 5.97. The molecule has 86 valence electrons. The highest BCUT2D eigenvalue weighted by Gasteiger charge is 2.30. The van der Waals surface area contributed by atoms with E-state index in [1.807, 2.05) is 0 Å². The van der Waals surface area contributed by atoms with Crippen molar-refractivity contribution >= 4 is 11.8 Å². The van der Waals surface area contributed by atoms with Crippen LogP contribution in [0.5, 0.6) is 0 Å². The topological polar surface area (TPSA) is 37.4 Å². The number of nitrogens with zero attached hydrogens (tertiary/aromatic N) is 1. The minimum atomic E-state index is -0.0230. The monoisotopic (exact) mass is 211 g/mol. The van der Waals surface area contributed by atoms with Crippen molar-refractivity contribution in [2.75, 3.05) is 7.05 Å². The Hall–Kier alpha value is -0.860. The van der Waals surface area contributed by atoms with E-state index in [9.17, 15) is 9.59 Å². The molecule has 3 nitrogen and oxygen atoms in total. The van der Waals surface area contributed by atoms with Crippen LogP contribution in [0.1, 0.15) is 46.5 Å². The number of imide groups is 1. The largest absolute Gasteiger partial charge is 0.286 e. The van der Waals surface area contributed by atoms with Gasteiger partial charge >= 0.3 is 0 Å². The van der Waals surface area contributed by atoms with Gasteiger partial charge in [-0.15, -0.1) is 0 Å². The first-order valence-corrected chi connectivity index (χ1v) is 5.59. The van der Waals surface area contributed by atoms with Crippen LogP contribution in [0.3, 0.4) is 0 Å². The van der Waals surface area contributed by atoms with Crippen LogP contribution >= 0.6 is 0 Å². The molecule has 1 saturated heterocycles. The number of rotatable bonds is 2. The minimum Gasteiger partial charge on any atom is -0.286 e. The quantitative estimate of drug-likeness (QED) is 0.657. The Morgan fingerprint density at radius 1 is 1.20 bits per heavy atom. The fourth-order valence-electron chi connectivity index (χ4n) is 1.82. The molecular weight excluding hydrogens is 190 g/mol. The second-order valence-electron chi connectivity index (χ2n) is 5.72. The molecule has 0 N–H and O–H groups in total. The molecular formula is C12H21NO2. The van der Waals surface area contributed by atoms with Gasteiger partial charge in [0.25, 0.3) is 0 Å². The lowest BCUT2D eigenvalue weighted by Gasteiger charge is -2.29. The van der Waals surface area contributed by atoms with Gasteiger partial charge < -0.3 is 0 Å². The van der Waals surface area contributed by atoms with Crippen molar-refractivity contribution in [3.8, 4) is 0 Å². The van der Waals surface area contributed by atoms with Gasteiger partial charge in [-0.25, -0.2) is 0 Å². The third-order valence-corrected chi connectivity index (χ3v) is 2.98. The van der Waals surface area contributed by atoms with E-state index in [0.29, 0.717) is 12.8 Å². The number of carbonyl (C=O) groups excluding carboxylic acids is 2. The van der Waals surface area contributed by atoms with Gasteiger partial charge in [-0.2, -0.15) is 0 Å². The van der Waals surface area contributed by atoms with Crippen molar-refractivity contribution < 1.29 is 9.59 Å². The first-order valence-electron chi connectivity index (χ1n) is 5.59. The molecule has 0 bridgehead atoms. The Morgan fingerprint density at radius 2 is 1.67 bits per heavy atom. The molecule has 15 heavy (non-hydrogen) atoms. The molecule has 0 radical (unpaired) electrons. The standard InChI is InChI=1S/C12H21NO2/c1-12(2,3)6-5-9-7-10(14)13(4)11(15)8-9/h9H,5-8H2,1-4H3. The number of piperidine rings is 1. The Kier molecular flexibility index (Phi) is 3.53. The van der Waals surface area contributed by atoms with Gasteiger partial charge in [-0.3, -0.25) is 14.5 Å². The fraction of sp³-hybridized carbons (Fsp3) is 0.833. The Morgan fingerprint density at radius 3 is 2.07 bits per heavy atom. The number of amides is 2. The maximum Gasteiger partial charge on any atom is 0.229 e. The molecule has 0 saturated carbocycles. The molecule has 1 aliphatic rings. The summed E-state index contributed by atoms with van der Waals surface area (Å²) in [5.41, 5.74) is 0.287. The van der Waals surface area contributed by atoms with Gasteiger partial charge in [0.1, 0.15) is 0 Å². The smallest absolute Gasteiger partial charge is 0.229 e. The van der Waals surface area contributed by atoms with E-state index in [0.717, 1.165) is 12.8 Å². The summed E-state index contributed by atoms with van der Waals surface area (Å²) in [6.07, 6.45) is 3.13. The van der Waals surface area contributed by atoms with E-state index < -0.39 is 0 Å². The molecule has 3 heteroatoms. The predicted molar refractivity (Wildman–Crippen MR) is 59.2 cm³/mol. The lowest BCUT2D eigenvalue weighted by atomic mass is 9.83. The van der Waals surface area contributed by atoms with Crippen LogP contribution in [0, 0.1) is 11.3 Å². The van der Waals surface area contributed by atoms with Gasteiger partial charge in [-0.05, 0) is 24.2 Å². The molecule has 1 fully saturated rings. The number of carbonyl (C=O) groups is 2. The molecule has 0 aromatic heterocycles. The molecule has 0 spiro atoms. The average Bonchev–Trinajstić information content (AvgIpc) is 2.09. The van der Waals surface area contributed by atoms with Crippen LogP contribution in [0.15, 0.2) is 0 Å². The summed E-state index contributed by atoms with van der Waals surface area (Å²) < 4.78 is 0. The first-order chi connectivity index (χ1) is 6.79. The molecule has 1 rings (SSSR count). The third kappa shape index (κ3) is 3.65.